The molecule has 0 amide bonds. The second kappa shape index (κ2) is 8.25. The van der Waals surface area contributed by atoms with Gasteiger partial charge in [-0.3, -0.25) is 16.3 Å². The van der Waals surface area contributed by atoms with Gasteiger partial charge in [-0.1, -0.05) is 26.8 Å². The van der Waals surface area contributed by atoms with Gasteiger partial charge in [0.05, 0.1) is 12.1 Å². The number of nitrogens with one attached hydrogen (secondary N) is 1. The minimum absolute atomic E-state index is 0.0833. The van der Waals surface area contributed by atoms with E-state index in [0.29, 0.717) is 12.5 Å². The predicted molar refractivity (Wildman–Crippen MR) is 78.7 cm³/mol. The number of aryl methyl sites for hydroxylation is 1. The number of hydrazine groups is 1. The van der Waals surface area contributed by atoms with Crippen molar-refractivity contribution in [3.63, 3.8) is 0 Å². The molecule has 0 aliphatic heterocycles. The Kier molecular flexibility index (Phi) is 6.99. The van der Waals surface area contributed by atoms with Crippen molar-refractivity contribution in [1.29, 1.82) is 0 Å². The van der Waals surface area contributed by atoms with E-state index in [9.17, 15) is 0 Å². The zero-order chi connectivity index (χ0) is 14.3. The molecule has 1 aromatic rings. The maximum absolute atomic E-state index is 5.80. The number of hydrogen-bond donors (Lipinski definition) is 2. The molecule has 0 radical (unpaired) electrons. The number of aromatic nitrogens is 1. The van der Waals surface area contributed by atoms with Gasteiger partial charge < -0.3 is 4.74 Å². The van der Waals surface area contributed by atoms with Gasteiger partial charge in [-0.15, -0.1) is 0 Å². The Balaban J connectivity index is 2.73. The molecule has 4 nitrogen and oxygen atoms in total. The molecular formula is C15H27N3O. The van der Waals surface area contributed by atoms with Crippen LogP contribution in [0, 0.1) is 5.92 Å². The van der Waals surface area contributed by atoms with Gasteiger partial charge in [-0.2, -0.15) is 0 Å². The number of nitrogens with two attached hydrogens (primary N) is 1. The topological polar surface area (TPSA) is 60.2 Å². The van der Waals surface area contributed by atoms with Crippen molar-refractivity contribution >= 4 is 0 Å². The zero-order valence-corrected chi connectivity index (χ0v) is 12.5. The van der Waals surface area contributed by atoms with Crippen LogP contribution in [-0.2, 0) is 17.6 Å². The van der Waals surface area contributed by atoms with Gasteiger partial charge in [0.25, 0.3) is 0 Å². The molecule has 0 aromatic carbocycles. The molecule has 1 aromatic heterocycles. The summed E-state index contributed by atoms with van der Waals surface area (Å²) < 4.78 is 5.80. The van der Waals surface area contributed by atoms with Crippen LogP contribution in [0.3, 0.4) is 0 Å². The first kappa shape index (κ1) is 16.1. The molecule has 2 unspecified atom stereocenters. The van der Waals surface area contributed by atoms with Gasteiger partial charge in [0.15, 0.2) is 0 Å². The molecule has 2 atom stereocenters. The fraction of sp³-hybridized carbons (Fsp3) is 0.667. The van der Waals surface area contributed by atoms with Crippen LogP contribution in [0.25, 0.3) is 0 Å². The summed E-state index contributed by atoms with van der Waals surface area (Å²) in [7, 11) is 0. The van der Waals surface area contributed by atoms with E-state index in [2.05, 4.69) is 43.3 Å². The number of hydrogen-bond acceptors (Lipinski definition) is 4. The fourth-order valence-electron chi connectivity index (χ4n) is 2.25. The summed E-state index contributed by atoms with van der Waals surface area (Å²) in [5.74, 6) is 6.10. The molecule has 0 saturated heterocycles. The summed E-state index contributed by atoms with van der Waals surface area (Å²) in [5, 5.41) is 0. The molecule has 0 bridgehead atoms. The monoisotopic (exact) mass is 265 g/mol. The number of rotatable bonds is 8. The maximum Gasteiger partial charge on any atom is 0.0767 e. The first-order chi connectivity index (χ1) is 9.12. The Labute approximate surface area is 116 Å². The highest BCUT2D eigenvalue weighted by atomic mass is 16.5. The van der Waals surface area contributed by atoms with E-state index in [1.807, 2.05) is 13.1 Å². The molecule has 1 rings (SSSR count). The van der Waals surface area contributed by atoms with Crippen molar-refractivity contribution in [1.82, 2.24) is 10.4 Å². The molecule has 0 aliphatic carbocycles. The van der Waals surface area contributed by atoms with E-state index in [1.165, 1.54) is 5.56 Å². The molecule has 108 valence electrons. The second-order valence-corrected chi connectivity index (χ2v) is 5.15. The quantitative estimate of drug-likeness (QED) is 0.558. The Morgan fingerprint density at radius 3 is 2.47 bits per heavy atom. The number of ether oxygens (including phenoxy) is 1. The fourth-order valence-corrected chi connectivity index (χ4v) is 2.25. The highest BCUT2D eigenvalue weighted by Gasteiger charge is 2.24. The predicted octanol–water partition coefficient (Wildman–Crippen LogP) is 2.08. The van der Waals surface area contributed by atoms with Crippen LogP contribution in [-0.4, -0.2) is 23.7 Å². The Morgan fingerprint density at radius 1 is 1.32 bits per heavy atom. The number of pyridine rings is 1. The Hall–Kier alpha value is -0.970. The molecule has 0 saturated carbocycles. The van der Waals surface area contributed by atoms with Crippen LogP contribution < -0.4 is 11.3 Å². The standard InChI is InChI=1S/C15H27N3O/c1-5-12-7-8-13(17-10-12)9-14(18-16)15(11(3)4)19-6-2/h7-8,10-11,14-15,18H,5-6,9,16H2,1-4H3. The van der Waals surface area contributed by atoms with E-state index in [4.69, 9.17) is 10.6 Å². The molecule has 0 spiro atoms. The van der Waals surface area contributed by atoms with Crippen molar-refractivity contribution in [3.05, 3.63) is 29.6 Å². The van der Waals surface area contributed by atoms with E-state index in [0.717, 1.165) is 18.5 Å². The van der Waals surface area contributed by atoms with Gasteiger partial charge in [-0.25, -0.2) is 0 Å². The van der Waals surface area contributed by atoms with E-state index in [1.54, 1.807) is 0 Å². The van der Waals surface area contributed by atoms with Crippen LogP contribution >= 0.6 is 0 Å². The smallest absolute Gasteiger partial charge is 0.0767 e. The normalized spacial score (nSPS) is 14.6. The van der Waals surface area contributed by atoms with Crippen molar-refractivity contribution in [3.8, 4) is 0 Å². The van der Waals surface area contributed by atoms with Crippen LogP contribution in [0.5, 0.6) is 0 Å². The highest BCUT2D eigenvalue weighted by Crippen LogP contribution is 2.14. The first-order valence-electron chi connectivity index (χ1n) is 7.13. The van der Waals surface area contributed by atoms with Gasteiger partial charge >= 0.3 is 0 Å². The van der Waals surface area contributed by atoms with Crippen LogP contribution in [0.15, 0.2) is 18.3 Å². The molecule has 1 heterocycles. The largest absolute Gasteiger partial charge is 0.377 e. The van der Waals surface area contributed by atoms with Crippen LogP contribution in [0.1, 0.15) is 39.0 Å². The summed E-state index contributed by atoms with van der Waals surface area (Å²) >= 11 is 0. The Bertz CT molecular complexity index is 351. The summed E-state index contributed by atoms with van der Waals surface area (Å²) in [4.78, 5) is 4.49. The lowest BCUT2D eigenvalue weighted by Crippen LogP contribution is -2.49. The molecule has 4 heteroatoms. The van der Waals surface area contributed by atoms with Crippen LogP contribution in [0.2, 0.25) is 0 Å². The van der Waals surface area contributed by atoms with Crippen LogP contribution in [0.4, 0.5) is 0 Å². The van der Waals surface area contributed by atoms with E-state index in [-0.39, 0.29) is 12.1 Å². The van der Waals surface area contributed by atoms with Crippen molar-refractivity contribution in [2.24, 2.45) is 11.8 Å². The van der Waals surface area contributed by atoms with Gasteiger partial charge in [-0.05, 0) is 30.9 Å². The van der Waals surface area contributed by atoms with Crippen molar-refractivity contribution < 1.29 is 4.74 Å². The molecule has 19 heavy (non-hydrogen) atoms. The average Bonchev–Trinajstić information content (AvgIpc) is 2.43. The Morgan fingerprint density at radius 2 is 2.05 bits per heavy atom. The lowest BCUT2D eigenvalue weighted by atomic mass is 9.96. The summed E-state index contributed by atoms with van der Waals surface area (Å²) in [6.07, 6.45) is 3.83. The van der Waals surface area contributed by atoms with Crippen molar-refractivity contribution in [2.75, 3.05) is 6.61 Å². The number of nitrogens with zero attached hydrogens (tertiary/aromatic N) is 1. The van der Waals surface area contributed by atoms with E-state index < -0.39 is 0 Å². The van der Waals surface area contributed by atoms with Gasteiger partial charge in [0.2, 0.25) is 0 Å². The molecule has 0 aliphatic rings. The summed E-state index contributed by atoms with van der Waals surface area (Å²) in [6, 6.07) is 4.29. The average molecular weight is 265 g/mol. The summed E-state index contributed by atoms with van der Waals surface area (Å²) in [5.41, 5.74) is 5.18. The first-order valence-corrected chi connectivity index (χ1v) is 7.13. The van der Waals surface area contributed by atoms with Gasteiger partial charge in [0.1, 0.15) is 0 Å². The third kappa shape index (κ3) is 4.90. The van der Waals surface area contributed by atoms with Gasteiger partial charge in [0, 0.05) is 24.9 Å². The second-order valence-electron chi connectivity index (χ2n) is 5.15. The lowest BCUT2D eigenvalue weighted by Gasteiger charge is -2.29. The minimum Gasteiger partial charge on any atom is -0.377 e. The lowest BCUT2D eigenvalue weighted by molar-refractivity contribution is 0.00334. The highest BCUT2D eigenvalue weighted by molar-refractivity contribution is 5.15. The maximum atomic E-state index is 5.80. The van der Waals surface area contributed by atoms with Crippen molar-refractivity contribution in [2.45, 2.75) is 52.7 Å². The molecule has 0 fully saturated rings. The molecular weight excluding hydrogens is 238 g/mol. The zero-order valence-electron chi connectivity index (χ0n) is 12.5. The molecule has 3 N–H and O–H groups in total. The van der Waals surface area contributed by atoms with E-state index >= 15 is 0 Å². The SMILES string of the molecule is CCOC(C(C)C)C(Cc1ccc(CC)cn1)NN. The minimum atomic E-state index is 0.0833. The third-order valence-electron chi connectivity index (χ3n) is 3.35. The third-order valence-corrected chi connectivity index (χ3v) is 3.35. The summed E-state index contributed by atoms with van der Waals surface area (Å²) in [6.45, 7) is 9.14.